The number of dihydropyridines is 1. The maximum atomic E-state index is 12.6. The number of phenols is 1. The number of rotatable bonds is 1. The average molecular weight is 280 g/mol. The Labute approximate surface area is 113 Å². The molecule has 0 aromatic heterocycles. The van der Waals surface area contributed by atoms with E-state index >= 15 is 0 Å². The summed E-state index contributed by atoms with van der Waals surface area (Å²) in [5.74, 6) is -0.595. The summed E-state index contributed by atoms with van der Waals surface area (Å²) in [5, 5.41) is 17.4. The molecule has 20 heavy (non-hydrogen) atoms. The third kappa shape index (κ3) is 2.49. The molecule has 0 spiro atoms. The van der Waals surface area contributed by atoms with Crippen LogP contribution in [-0.4, -0.2) is 16.7 Å². The molecule has 1 aliphatic heterocycles. The number of benzene rings is 1. The largest absolute Gasteiger partial charge is 0.507 e. The van der Waals surface area contributed by atoms with Gasteiger partial charge in [-0.1, -0.05) is 6.58 Å². The van der Waals surface area contributed by atoms with E-state index in [4.69, 9.17) is 5.41 Å². The molecule has 0 saturated heterocycles. The van der Waals surface area contributed by atoms with E-state index < -0.39 is 17.5 Å². The van der Waals surface area contributed by atoms with Crippen LogP contribution in [0, 0.1) is 12.3 Å². The van der Waals surface area contributed by atoms with Crippen molar-refractivity contribution in [2.75, 3.05) is 0 Å². The molecule has 0 unspecified atom stereocenters. The Morgan fingerprint density at radius 3 is 2.40 bits per heavy atom. The summed E-state index contributed by atoms with van der Waals surface area (Å²) in [5.41, 5.74) is 0.146. The lowest BCUT2D eigenvalue weighted by Crippen LogP contribution is -2.12. The van der Waals surface area contributed by atoms with Crippen LogP contribution in [-0.2, 0) is 6.18 Å². The molecule has 0 saturated carbocycles. The second-order valence-corrected chi connectivity index (χ2v) is 4.39. The molecule has 0 bridgehead atoms. The Kier molecular flexibility index (Phi) is 3.25. The first-order chi connectivity index (χ1) is 9.20. The van der Waals surface area contributed by atoms with Gasteiger partial charge in [0.2, 0.25) is 0 Å². The molecular formula is C14H11F3N2O. The minimum Gasteiger partial charge on any atom is -0.507 e. The zero-order valence-corrected chi connectivity index (χ0v) is 10.5. The second-order valence-electron chi connectivity index (χ2n) is 4.39. The van der Waals surface area contributed by atoms with Crippen molar-refractivity contribution in [2.45, 2.75) is 13.1 Å². The summed E-state index contributed by atoms with van der Waals surface area (Å²) < 4.78 is 37.9. The van der Waals surface area contributed by atoms with Gasteiger partial charge in [0.25, 0.3) is 0 Å². The molecule has 0 radical (unpaired) electrons. The lowest BCUT2D eigenvalue weighted by molar-refractivity contribution is -0.137. The Bertz CT molecular complexity index is 646. The first-order valence-corrected chi connectivity index (χ1v) is 5.66. The van der Waals surface area contributed by atoms with Crippen molar-refractivity contribution < 1.29 is 18.3 Å². The summed E-state index contributed by atoms with van der Waals surface area (Å²) in [6.07, 6.45) is -1.48. The lowest BCUT2D eigenvalue weighted by atomic mass is 9.97. The van der Waals surface area contributed by atoms with Crippen LogP contribution in [0.2, 0.25) is 0 Å². The van der Waals surface area contributed by atoms with E-state index in [-0.39, 0.29) is 22.7 Å². The third-order valence-corrected chi connectivity index (χ3v) is 2.88. The highest BCUT2D eigenvalue weighted by Gasteiger charge is 2.32. The molecule has 1 heterocycles. The van der Waals surface area contributed by atoms with Crippen LogP contribution in [0.1, 0.15) is 16.7 Å². The molecule has 1 aliphatic rings. The molecule has 104 valence electrons. The third-order valence-electron chi connectivity index (χ3n) is 2.88. The summed E-state index contributed by atoms with van der Waals surface area (Å²) in [6, 6.07) is 1.60. The van der Waals surface area contributed by atoms with Crippen LogP contribution in [0.15, 0.2) is 41.4 Å². The van der Waals surface area contributed by atoms with Gasteiger partial charge in [-0.2, -0.15) is 13.2 Å². The van der Waals surface area contributed by atoms with Crippen LogP contribution >= 0.6 is 0 Å². The molecule has 2 rings (SSSR count). The Morgan fingerprint density at radius 1 is 1.25 bits per heavy atom. The van der Waals surface area contributed by atoms with Crippen LogP contribution in [0.25, 0.3) is 0 Å². The minimum absolute atomic E-state index is 0.0822. The van der Waals surface area contributed by atoms with Crippen LogP contribution in [0.5, 0.6) is 5.75 Å². The monoisotopic (exact) mass is 280 g/mol. The van der Waals surface area contributed by atoms with Gasteiger partial charge >= 0.3 is 6.18 Å². The van der Waals surface area contributed by atoms with E-state index in [0.29, 0.717) is 11.6 Å². The number of aliphatic imine (C=N–C) groups is 1. The molecule has 6 heteroatoms. The summed E-state index contributed by atoms with van der Waals surface area (Å²) in [6.45, 7) is 5.04. The van der Waals surface area contributed by atoms with E-state index in [1.54, 1.807) is 0 Å². The van der Waals surface area contributed by atoms with Gasteiger partial charge in [-0.05, 0) is 36.8 Å². The zero-order chi connectivity index (χ0) is 15.1. The first kappa shape index (κ1) is 14.0. The predicted molar refractivity (Wildman–Crippen MR) is 70.4 cm³/mol. The number of aryl methyl sites for hydroxylation is 1. The number of nitrogens with zero attached hydrogens (tertiary/aromatic N) is 1. The number of alkyl halides is 3. The van der Waals surface area contributed by atoms with Crippen molar-refractivity contribution in [3.05, 3.63) is 53.1 Å². The van der Waals surface area contributed by atoms with Crippen molar-refractivity contribution in [1.82, 2.24) is 0 Å². The highest BCUT2D eigenvalue weighted by atomic mass is 19.4. The number of amidine groups is 1. The first-order valence-electron chi connectivity index (χ1n) is 5.66. The SMILES string of the molecule is C=C1C=CC(c2c(C)cc(C(F)(F)F)cc2O)=NC1=N. The van der Waals surface area contributed by atoms with Gasteiger partial charge in [0.05, 0.1) is 11.3 Å². The second kappa shape index (κ2) is 4.63. The number of hydrogen-bond acceptors (Lipinski definition) is 2. The van der Waals surface area contributed by atoms with E-state index in [2.05, 4.69) is 11.6 Å². The van der Waals surface area contributed by atoms with Crippen LogP contribution < -0.4 is 0 Å². The van der Waals surface area contributed by atoms with Gasteiger partial charge in [0.15, 0.2) is 5.84 Å². The summed E-state index contributed by atoms with van der Waals surface area (Å²) >= 11 is 0. The highest BCUT2D eigenvalue weighted by molar-refractivity contribution is 6.21. The fourth-order valence-corrected chi connectivity index (χ4v) is 1.89. The smallest absolute Gasteiger partial charge is 0.416 e. The van der Waals surface area contributed by atoms with E-state index in [1.165, 1.54) is 19.1 Å². The number of halogens is 3. The van der Waals surface area contributed by atoms with Crippen LogP contribution in [0.4, 0.5) is 13.2 Å². The van der Waals surface area contributed by atoms with Crippen molar-refractivity contribution >= 4 is 11.5 Å². The number of allylic oxidation sites excluding steroid dienone is 1. The Balaban J connectivity index is 2.55. The van der Waals surface area contributed by atoms with E-state index in [0.717, 1.165) is 6.07 Å². The standard InChI is InChI=1S/C14H11F3N2O/c1-7-3-4-10(19-13(7)18)12-8(2)5-9(6-11(12)20)14(15,16)17/h3-6,18,20H,1H2,2H3. The van der Waals surface area contributed by atoms with Crippen molar-refractivity contribution in [2.24, 2.45) is 4.99 Å². The van der Waals surface area contributed by atoms with Gasteiger partial charge in [0.1, 0.15) is 5.75 Å². The van der Waals surface area contributed by atoms with Crippen molar-refractivity contribution in [3.8, 4) is 5.75 Å². The molecule has 1 aromatic carbocycles. The van der Waals surface area contributed by atoms with Gasteiger partial charge < -0.3 is 5.11 Å². The molecule has 3 nitrogen and oxygen atoms in total. The molecule has 0 aliphatic carbocycles. The number of aromatic hydroxyl groups is 1. The fraction of sp³-hybridized carbons (Fsp3) is 0.143. The maximum Gasteiger partial charge on any atom is 0.416 e. The highest BCUT2D eigenvalue weighted by Crippen LogP contribution is 2.35. The molecule has 0 fully saturated rings. The van der Waals surface area contributed by atoms with E-state index in [1.807, 2.05) is 0 Å². The predicted octanol–water partition coefficient (Wildman–Crippen LogP) is 3.61. The zero-order valence-electron chi connectivity index (χ0n) is 10.5. The molecule has 0 atom stereocenters. The summed E-state index contributed by atoms with van der Waals surface area (Å²) in [4.78, 5) is 3.92. The maximum absolute atomic E-state index is 12.6. The normalized spacial score (nSPS) is 15.5. The van der Waals surface area contributed by atoms with Gasteiger partial charge in [-0.25, -0.2) is 4.99 Å². The van der Waals surface area contributed by atoms with E-state index in [9.17, 15) is 18.3 Å². The number of phenolic OH excluding ortho intramolecular Hbond substituents is 1. The molecular weight excluding hydrogens is 269 g/mol. The number of hydrogen-bond donors (Lipinski definition) is 2. The fourth-order valence-electron chi connectivity index (χ4n) is 1.89. The average Bonchev–Trinajstić information content (AvgIpc) is 2.31. The number of nitrogens with one attached hydrogen (secondary N) is 1. The Morgan fingerprint density at radius 2 is 1.90 bits per heavy atom. The Hall–Kier alpha value is -2.37. The topological polar surface area (TPSA) is 56.4 Å². The summed E-state index contributed by atoms with van der Waals surface area (Å²) in [7, 11) is 0. The molecule has 2 N–H and O–H groups in total. The quantitative estimate of drug-likeness (QED) is 0.811. The van der Waals surface area contributed by atoms with Gasteiger partial charge in [-0.3, -0.25) is 5.41 Å². The van der Waals surface area contributed by atoms with Crippen molar-refractivity contribution in [1.29, 1.82) is 5.41 Å². The molecule has 0 amide bonds. The molecule has 1 aromatic rings. The van der Waals surface area contributed by atoms with Crippen molar-refractivity contribution in [3.63, 3.8) is 0 Å². The lowest BCUT2D eigenvalue weighted by Gasteiger charge is -2.15. The minimum atomic E-state index is -4.52. The van der Waals surface area contributed by atoms with Gasteiger partial charge in [-0.15, -0.1) is 0 Å². The van der Waals surface area contributed by atoms with Gasteiger partial charge in [0, 0.05) is 11.1 Å². The van der Waals surface area contributed by atoms with Crippen LogP contribution in [0.3, 0.4) is 0 Å².